The highest BCUT2D eigenvalue weighted by Crippen LogP contribution is 2.17. The van der Waals surface area contributed by atoms with Gasteiger partial charge in [-0.3, -0.25) is 4.79 Å². The average molecular weight is 309 g/mol. The first-order valence-electron chi connectivity index (χ1n) is 6.56. The first-order valence-corrected chi connectivity index (χ1v) is 6.56. The molecule has 0 fully saturated rings. The third kappa shape index (κ3) is 3.55. The molecule has 4 nitrogen and oxygen atoms in total. The van der Waals surface area contributed by atoms with E-state index in [-0.39, 0.29) is 6.04 Å². The van der Waals surface area contributed by atoms with E-state index in [9.17, 15) is 18.0 Å². The van der Waals surface area contributed by atoms with Crippen molar-refractivity contribution in [3.63, 3.8) is 0 Å². The highest BCUT2D eigenvalue weighted by Gasteiger charge is 2.18. The number of hydrogen-bond acceptors (Lipinski definition) is 3. The second-order valence-electron chi connectivity index (χ2n) is 4.91. The van der Waals surface area contributed by atoms with Gasteiger partial charge in [0.15, 0.2) is 17.5 Å². The van der Waals surface area contributed by atoms with Gasteiger partial charge < -0.3 is 10.6 Å². The highest BCUT2D eigenvalue weighted by atomic mass is 19.2. The monoisotopic (exact) mass is 309 g/mol. The predicted molar refractivity (Wildman–Crippen MR) is 77.3 cm³/mol. The summed E-state index contributed by atoms with van der Waals surface area (Å²) in [6.07, 6.45) is 1.38. The lowest BCUT2D eigenvalue weighted by Gasteiger charge is -2.10. The lowest BCUT2D eigenvalue weighted by atomic mass is 10.2. The Balaban J connectivity index is 2.14. The first-order chi connectivity index (χ1) is 10.4. The molecule has 0 saturated carbocycles. The molecule has 22 heavy (non-hydrogen) atoms. The number of carbonyl (C=O) groups is 1. The molecule has 0 bridgehead atoms. The van der Waals surface area contributed by atoms with Crippen molar-refractivity contribution in [1.29, 1.82) is 0 Å². The Hall–Kier alpha value is -2.57. The van der Waals surface area contributed by atoms with Crippen LogP contribution in [0.1, 0.15) is 24.2 Å². The van der Waals surface area contributed by atoms with E-state index in [0.29, 0.717) is 17.6 Å². The Morgan fingerprint density at radius 1 is 1.09 bits per heavy atom. The SMILES string of the molecule is CC(C)Nc1ccc(NC(=O)c2ccc(F)c(F)c2F)cn1. The molecule has 0 saturated heterocycles. The van der Waals surface area contributed by atoms with Crippen molar-refractivity contribution in [2.45, 2.75) is 19.9 Å². The Kier molecular flexibility index (Phi) is 4.65. The lowest BCUT2D eigenvalue weighted by molar-refractivity contribution is 0.102. The molecule has 2 N–H and O–H groups in total. The van der Waals surface area contributed by atoms with Gasteiger partial charge in [-0.1, -0.05) is 0 Å². The third-order valence-electron chi connectivity index (χ3n) is 2.74. The van der Waals surface area contributed by atoms with E-state index in [1.165, 1.54) is 6.20 Å². The number of benzene rings is 1. The summed E-state index contributed by atoms with van der Waals surface area (Å²) in [5.74, 6) is -4.82. The Morgan fingerprint density at radius 3 is 2.41 bits per heavy atom. The van der Waals surface area contributed by atoms with Crippen LogP contribution in [0.4, 0.5) is 24.7 Å². The minimum absolute atomic E-state index is 0.198. The molecular weight excluding hydrogens is 295 g/mol. The molecule has 0 atom stereocenters. The van der Waals surface area contributed by atoms with Gasteiger partial charge in [0.1, 0.15) is 5.82 Å². The maximum Gasteiger partial charge on any atom is 0.258 e. The van der Waals surface area contributed by atoms with Crippen molar-refractivity contribution in [2.75, 3.05) is 10.6 Å². The van der Waals surface area contributed by atoms with E-state index in [0.717, 1.165) is 6.07 Å². The Labute approximate surface area is 125 Å². The predicted octanol–water partition coefficient (Wildman–Crippen LogP) is 3.57. The molecule has 7 heteroatoms. The molecule has 1 amide bonds. The zero-order valence-corrected chi connectivity index (χ0v) is 12.0. The maximum absolute atomic E-state index is 13.5. The number of aromatic nitrogens is 1. The van der Waals surface area contributed by atoms with Gasteiger partial charge >= 0.3 is 0 Å². The van der Waals surface area contributed by atoms with Crippen molar-refractivity contribution in [2.24, 2.45) is 0 Å². The van der Waals surface area contributed by atoms with Crippen LogP contribution >= 0.6 is 0 Å². The molecule has 0 unspecified atom stereocenters. The number of hydrogen-bond donors (Lipinski definition) is 2. The standard InChI is InChI=1S/C15H14F3N3O/c1-8(2)20-12-6-3-9(7-19-12)21-15(22)10-4-5-11(16)14(18)13(10)17/h3-8H,1-2H3,(H,19,20)(H,21,22). The molecule has 0 aliphatic heterocycles. The normalized spacial score (nSPS) is 10.6. The third-order valence-corrected chi connectivity index (χ3v) is 2.74. The van der Waals surface area contributed by atoms with Gasteiger partial charge in [-0.15, -0.1) is 0 Å². The number of anilines is 2. The molecule has 0 aliphatic carbocycles. The summed E-state index contributed by atoms with van der Waals surface area (Å²) in [5.41, 5.74) is -0.272. The Morgan fingerprint density at radius 2 is 1.82 bits per heavy atom. The Bertz CT molecular complexity index is 687. The summed E-state index contributed by atoms with van der Waals surface area (Å²) in [6, 6.07) is 4.97. The molecule has 0 spiro atoms. The number of carbonyl (C=O) groups excluding carboxylic acids is 1. The summed E-state index contributed by atoms with van der Waals surface area (Å²) >= 11 is 0. The average Bonchev–Trinajstić information content (AvgIpc) is 2.46. The van der Waals surface area contributed by atoms with Crippen LogP contribution in [0.15, 0.2) is 30.5 Å². The van der Waals surface area contributed by atoms with E-state index in [1.54, 1.807) is 12.1 Å². The molecule has 2 aromatic rings. The van der Waals surface area contributed by atoms with E-state index < -0.39 is 28.9 Å². The van der Waals surface area contributed by atoms with E-state index in [2.05, 4.69) is 15.6 Å². The fourth-order valence-electron chi connectivity index (χ4n) is 1.75. The molecule has 1 heterocycles. The molecule has 116 valence electrons. The summed E-state index contributed by atoms with van der Waals surface area (Å²) in [5, 5.41) is 5.43. The van der Waals surface area contributed by atoms with Crippen molar-refractivity contribution in [3.8, 4) is 0 Å². The zero-order chi connectivity index (χ0) is 16.3. The zero-order valence-electron chi connectivity index (χ0n) is 12.0. The molecule has 0 radical (unpaired) electrons. The summed E-state index contributed by atoms with van der Waals surface area (Å²) < 4.78 is 39.5. The van der Waals surface area contributed by atoms with Gasteiger partial charge in [-0.25, -0.2) is 18.2 Å². The highest BCUT2D eigenvalue weighted by molar-refractivity contribution is 6.04. The van der Waals surface area contributed by atoms with Crippen LogP contribution < -0.4 is 10.6 Å². The maximum atomic E-state index is 13.5. The van der Waals surface area contributed by atoms with Gasteiger partial charge in [-0.05, 0) is 38.1 Å². The first kappa shape index (κ1) is 15.8. The number of halogens is 3. The van der Waals surface area contributed by atoms with Crippen LogP contribution in [0.3, 0.4) is 0 Å². The smallest absolute Gasteiger partial charge is 0.258 e. The largest absolute Gasteiger partial charge is 0.368 e. The molecule has 1 aromatic carbocycles. The summed E-state index contributed by atoms with van der Waals surface area (Å²) in [6.45, 7) is 3.90. The second kappa shape index (κ2) is 6.46. The number of rotatable bonds is 4. The molecular formula is C15H14F3N3O. The van der Waals surface area contributed by atoms with Crippen LogP contribution in [0.25, 0.3) is 0 Å². The number of amides is 1. The summed E-state index contributed by atoms with van der Waals surface area (Å²) in [4.78, 5) is 15.9. The van der Waals surface area contributed by atoms with Crippen molar-refractivity contribution < 1.29 is 18.0 Å². The minimum atomic E-state index is -1.68. The van der Waals surface area contributed by atoms with Crippen LogP contribution in [0.5, 0.6) is 0 Å². The van der Waals surface area contributed by atoms with Gasteiger partial charge in [-0.2, -0.15) is 0 Å². The number of nitrogens with one attached hydrogen (secondary N) is 2. The van der Waals surface area contributed by atoms with Gasteiger partial charge in [0.25, 0.3) is 5.91 Å². The van der Waals surface area contributed by atoms with Gasteiger partial charge in [0, 0.05) is 6.04 Å². The van der Waals surface area contributed by atoms with Crippen LogP contribution in [0.2, 0.25) is 0 Å². The topological polar surface area (TPSA) is 54.0 Å². The van der Waals surface area contributed by atoms with Crippen molar-refractivity contribution in [1.82, 2.24) is 4.98 Å². The van der Waals surface area contributed by atoms with Crippen LogP contribution in [0, 0.1) is 17.5 Å². The fourth-order valence-corrected chi connectivity index (χ4v) is 1.75. The second-order valence-corrected chi connectivity index (χ2v) is 4.91. The summed E-state index contributed by atoms with van der Waals surface area (Å²) in [7, 11) is 0. The lowest BCUT2D eigenvalue weighted by Crippen LogP contribution is -2.16. The van der Waals surface area contributed by atoms with Crippen molar-refractivity contribution in [3.05, 3.63) is 53.5 Å². The van der Waals surface area contributed by atoms with Crippen LogP contribution in [-0.2, 0) is 0 Å². The van der Waals surface area contributed by atoms with E-state index >= 15 is 0 Å². The molecule has 1 aromatic heterocycles. The van der Waals surface area contributed by atoms with Gasteiger partial charge in [0.2, 0.25) is 0 Å². The molecule has 0 aliphatic rings. The van der Waals surface area contributed by atoms with Gasteiger partial charge in [0.05, 0.1) is 17.4 Å². The fraction of sp³-hybridized carbons (Fsp3) is 0.200. The van der Waals surface area contributed by atoms with Crippen molar-refractivity contribution >= 4 is 17.4 Å². The molecule has 2 rings (SSSR count). The quantitative estimate of drug-likeness (QED) is 0.849. The van der Waals surface area contributed by atoms with E-state index in [1.807, 2.05) is 13.8 Å². The van der Waals surface area contributed by atoms with E-state index in [4.69, 9.17) is 0 Å². The minimum Gasteiger partial charge on any atom is -0.368 e. The van der Waals surface area contributed by atoms with Crippen LogP contribution in [-0.4, -0.2) is 16.9 Å². The number of pyridine rings is 1. The number of nitrogens with zero attached hydrogens (tertiary/aromatic N) is 1.